The van der Waals surface area contributed by atoms with Crippen LogP contribution in [0.5, 0.6) is 0 Å². The standard InChI is InChI=1S/C15H18ClNS2/c16-15-3-1-13(2-4-15)11-19-10-8-17-7-5-14-6-9-18-12-14/h1-4,6,9,12,17H,5,7-8,10-11H2. The van der Waals surface area contributed by atoms with Crippen LogP contribution in [0.15, 0.2) is 41.1 Å². The summed E-state index contributed by atoms with van der Waals surface area (Å²) >= 11 is 9.58. The number of thioether (sulfide) groups is 1. The minimum Gasteiger partial charge on any atom is -0.316 e. The van der Waals surface area contributed by atoms with E-state index < -0.39 is 0 Å². The number of halogens is 1. The van der Waals surface area contributed by atoms with Crippen LogP contribution < -0.4 is 5.32 Å². The van der Waals surface area contributed by atoms with Crippen molar-refractivity contribution in [3.05, 3.63) is 57.2 Å². The van der Waals surface area contributed by atoms with E-state index in [2.05, 4.69) is 34.3 Å². The van der Waals surface area contributed by atoms with E-state index in [9.17, 15) is 0 Å². The van der Waals surface area contributed by atoms with Crippen molar-refractivity contribution in [3.8, 4) is 0 Å². The Bertz CT molecular complexity index is 454. The van der Waals surface area contributed by atoms with Gasteiger partial charge in [0.2, 0.25) is 0 Å². The molecule has 0 amide bonds. The first-order valence-electron chi connectivity index (χ1n) is 6.38. The zero-order valence-electron chi connectivity index (χ0n) is 10.8. The van der Waals surface area contributed by atoms with Crippen molar-refractivity contribution in [2.24, 2.45) is 0 Å². The lowest BCUT2D eigenvalue weighted by Crippen LogP contribution is -2.19. The molecule has 4 heteroatoms. The topological polar surface area (TPSA) is 12.0 Å². The van der Waals surface area contributed by atoms with Gasteiger partial charge in [0.05, 0.1) is 0 Å². The maximum atomic E-state index is 5.86. The number of hydrogen-bond donors (Lipinski definition) is 1. The predicted octanol–water partition coefficient (Wildman–Crippen LogP) is 4.47. The van der Waals surface area contributed by atoms with Crippen molar-refractivity contribution < 1.29 is 0 Å². The van der Waals surface area contributed by atoms with Crippen molar-refractivity contribution in [3.63, 3.8) is 0 Å². The van der Waals surface area contributed by atoms with Gasteiger partial charge in [-0.3, -0.25) is 0 Å². The highest BCUT2D eigenvalue weighted by Gasteiger charge is 1.95. The largest absolute Gasteiger partial charge is 0.316 e. The number of thiophene rings is 1. The molecule has 0 aliphatic carbocycles. The Kier molecular flexibility index (Phi) is 6.79. The van der Waals surface area contributed by atoms with Gasteiger partial charge < -0.3 is 5.32 Å². The fourth-order valence-electron chi connectivity index (χ4n) is 1.71. The third-order valence-electron chi connectivity index (χ3n) is 2.78. The van der Waals surface area contributed by atoms with Gasteiger partial charge in [0.15, 0.2) is 0 Å². The van der Waals surface area contributed by atoms with Crippen LogP contribution in [0, 0.1) is 0 Å². The van der Waals surface area contributed by atoms with Crippen LogP contribution in [0.1, 0.15) is 11.1 Å². The molecule has 0 radical (unpaired) electrons. The lowest BCUT2D eigenvalue weighted by Gasteiger charge is -2.04. The summed E-state index contributed by atoms with van der Waals surface area (Å²) in [7, 11) is 0. The first-order valence-corrected chi connectivity index (χ1v) is 8.86. The van der Waals surface area contributed by atoms with Gasteiger partial charge in [0.1, 0.15) is 0 Å². The second-order valence-corrected chi connectivity index (χ2v) is 6.63. The summed E-state index contributed by atoms with van der Waals surface area (Å²) in [5.74, 6) is 2.20. The molecule has 0 unspecified atom stereocenters. The Balaban J connectivity index is 1.49. The Morgan fingerprint density at radius 3 is 2.63 bits per heavy atom. The molecule has 0 aliphatic heterocycles. The summed E-state index contributed by atoms with van der Waals surface area (Å²) in [6, 6.07) is 10.3. The normalized spacial score (nSPS) is 10.8. The van der Waals surface area contributed by atoms with Gasteiger partial charge in [-0.25, -0.2) is 0 Å². The third-order valence-corrected chi connectivity index (χ3v) is 4.79. The molecule has 1 aromatic carbocycles. The second kappa shape index (κ2) is 8.64. The van der Waals surface area contributed by atoms with E-state index in [0.29, 0.717) is 0 Å². The average molecular weight is 312 g/mol. The first kappa shape index (κ1) is 14.9. The summed E-state index contributed by atoms with van der Waals surface area (Å²) in [4.78, 5) is 0. The Morgan fingerprint density at radius 1 is 1.05 bits per heavy atom. The van der Waals surface area contributed by atoms with Crippen molar-refractivity contribution in [1.29, 1.82) is 0 Å². The van der Waals surface area contributed by atoms with Gasteiger partial charge in [0, 0.05) is 23.1 Å². The van der Waals surface area contributed by atoms with E-state index >= 15 is 0 Å². The van der Waals surface area contributed by atoms with E-state index in [1.165, 1.54) is 11.1 Å². The molecule has 1 aromatic heterocycles. The summed E-state index contributed by atoms with van der Waals surface area (Å²) in [5.41, 5.74) is 2.78. The highest BCUT2D eigenvalue weighted by molar-refractivity contribution is 7.98. The van der Waals surface area contributed by atoms with Crippen LogP contribution in [0.4, 0.5) is 0 Å². The smallest absolute Gasteiger partial charge is 0.0406 e. The molecule has 0 bridgehead atoms. The number of benzene rings is 1. The Morgan fingerprint density at radius 2 is 1.89 bits per heavy atom. The number of nitrogens with one attached hydrogen (secondary N) is 1. The second-order valence-electron chi connectivity index (χ2n) is 4.31. The SMILES string of the molecule is Clc1ccc(CSCCNCCc2ccsc2)cc1. The van der Waals surface area contributed by atoms with Crippen LogP contribution in [0.25, 0.3) is 0 Å². The van der Waals surface area contributed by atoms with Crippen molar-refractivity contribution >= 4 is 34.7 Å². The van der Waals surface area contributed by atoms with Gasteiger partial charge in [0.25, 0.3) is 0 Å². The van der Waals surface area contributed by atoms with Crippen LogP contribution in [-0.2, 0) is 12.2 Å². The van der Waals surface area contributed by atoms with Gasteiger partial charge in [-0.1, -0.05) is 23.7 Å². The zero-order valence-corrected chi connectivity index (χ0v) is 13.2. The molecular weight excluding hydrogens is 294 g/mol. The highest BCUT2D eigenvalue weighted by Crippen LogP contribution is 2.15. The molecule has 0 spiro atoms. The lowest BCUT2D eigenvalue weighted by atomic mass is 10.2. The molecule has 2 aromatic rings. The monoisotopic (exact) mass is 311 g/mol. The summed E-state index contributed by atoms with van der Waals surface area (Å²) < 4.78 is 0. The maximum absolute atomic E-state index is 5.86. The van der Waals surface area contributed by atoms with Gasteiger partial charge in [-0.05, 0) is 53.1 Å². The third kappa shape index (κ3) is 6.00. The van der Waals surface area contributed by atoms with E-state index in [0.717, 1.165) is 36.0 Å². The first-order chi connectivity index (χ1) is 9.34. The molecule has 2 rings (SSSR count). The zero-order chi connectivity index (χ0) is 13.3. The predicted molar refractivity (Wildman–Crippen MR) is 88.5 cm³/mol. The van der Waals surface area contributed by atoms with Crippen LogP contribution >= 0.6 is 34.7 Å². The maximum Gasteiger partial charge on any atom is 0.0406 e. The fraction of sp³-hybridized carbons (Fsp3) is 0.333. The fourth-order valence-corrected chi connectivity index (χ4v) is 3.40. The quantitative estimate of drug-likeness (QED) is 0.722. The van der Waals surface area contributed by atoms with Crippen LogP contribution in [0.2, 0.25) is 5.02 Å². The van der Waals surface area contributed by atoms with Crippen molar-refractivity contribution in [1.82, 2.24) is 5.32 Å². The molecule has 0 fully saturated rings. The molecule has 0 saturated carbocycles. The van der Waals surface area contributed by atoms with E-state index in [-0.39, 0.29) is 0 Å². The van der Waals surface area contributed by atoms with Crippen LogP contribution in [0.3, 0.4) is 0 Å². The minimum absolute atomic E-state index is 0.809. The van der Waals surface area contributed by atoms with Crippen LogP contribution in [-0.4, -0.2) is 18.8 Å². The molecule has 0 atom stereocenters. The molecular formula is C15H18ClNS2. The summed E-state index contributed by atoms with van der Waals surface area (Å²) in [6.07, 6.45) is 1.13. The molecule has 1 heterocycles. The van der Waals surface area contributed by atoms with Gasteiger partial charge in [-0.2, -0.15) is 23.1 Å². The molecule has 0 saturated heterocycles. The molecule has 102 valence electrons. The average Bonchev–Trinajstić information content (AvgIpc) is 2.93. The number of hydrogen-bond acceptors (Lipinski definition) is 3. The Hall–Kier alpha value is -0.480. The highest BCUT2D eigenvalue weighted by atomic mass is 35.5. The van der Waals surface area contributed by atoms with Gasteiger partial charge >= 0.3 is 0 Å². The number of rotatable bonds is 8. The van der Waals surface area contributed by atoms with Crippen molar-refractivity contribution in [2.75, 3.05) is 18.8 Å². The molecule has 1 N–H and O–H groups in total. The summed E-state index contributed by atoms with van der Waals surface area (Å²) in [6.45, 7) is 2.14. The molecule has 19 heavy (non-hydrogen) atoms. The lowest BCUT2D eigenvalue weighted by molar-refractivity contribution is 0.722. The molecule has 0 aliphatic rings. The van der Waals surface area contributed by atoms with E-state index in [1.54, 1.807) is 11.3 Å². The molecule has 1 nitrogen and oxygen atoms in total. The van der Waals surface area contributed by atoms with E-state index in [1.807, 2.05) is 23.9 Å². The van der Waals surface area contributed by atoms with Crippen molar-refractivity contribution in [2.45, 2.75) is 12.2 Å². The Labute approximate surface area is 128 Å². The summed E-state index contributed by atoms with van der Waals surface area (Å²) in [5, 5.41) is 8.65. The van der Waals surface area contributed by atoms with Gasteiger partial charge in [-0.15, -0.1) is 0 Å². The van der Waals surface area contributed by atoms with E-state index in [4.69, 9.17) is 11.6 Å². The minimum atomic E-state index is 0.809.